The highest BCUT2D eigenvalue weighted by molar-refractivity contribution is 9.10. The predicted molar refractivity (Wildman–Crippen MR) is 77.8 cm³/mol. The number of nitrogens with zero attached hydrogens (tertiary/aromatic N) is 3. The number of anilines is 1. The van der Waals surface area contributed by atoms with E-state index >= 15 is 0 Å². The number of rotatable bonds is 3. The van der Waals surface area contributed by atoms with Crippen LogP contribution in [0.25, 0.3) is 0 Å². The third-order valence-corrected chi connectivity index (χ3v) is 4.29. The molecule has 1 aromatic carbocycles. The highest BCUT2D eigenvalue weighted by Gasteiger charge is 2.16. The van der Waals surface area contributed by atoms with E-state index in [1.165, 1.54) is 15.7 Å². The fourth-order valence-electron chi connectivity index (χ4n) is 2.22. The van der Waals surface area contributed by atoms with Crippen molar-refractivity contribution in [2.45, 2.75) is 13.3 Å². The Kier molecular flexibility index (Phi) is 4.62. The first-order valence-electron chi connectivity index (χ1n) is 6.31. The van der Waals surface area contributed by atoms with Crippen LogP contribution >= 0.6 is 15.9 Å². The van der Waals surface area contributed by atoms with Gasteiger partial charge >= 0.3 is 0 Å². The number of hydrogen-bond acceptors (Lipinski definition) is 3. The van der Waals surface area contributed by atoms with Gasteiger partial charge in [0.15, 0.2) is 0 Å². The van der Waals surface area contributed by atoms with Crippen LogP contribution in [-0.2, 0) is 0 Å². The molecular weight excluding hydrogens is 290 g/mol. The number of hydrogen-bond donors (Lipinski definition) is 0. The number of benzene rings is 1. The Labute approximate surface area is 117 Å². The van der Waals surface area contributed by atoms with Gasteiger partial charge in [0, 0.05) is 49.3 Å². The molecule has 1 aliphatic heterocycles. The van der Waals surface area contributed by atoms with Crippen LogP contribution in [-0.4, -0.2) is 37.6 Å². The maximum atomic E-state index is 8.59. The first-order chi connectivity index (χ1) is 8.70. The second kappa shape index (κ2) is 6.21. The van der Waals surface area contributed by atoms with E-state index in [1.54, 1.807) is 0 Å². The van der Waals surface area contributed by atoms with Crippen LogP contribution in [0.5, 0.6) is 0 Å². The average Bonchev–Trinajstić information content (AvgIpc) is 2.40. The molecule has 2 rings (SSSR count). The largest absolute Gasteiger partial charge is 0.369 e. The summed E-state index contributed by atoms with van der Waals surface area (Å²) in [7, 11) is 0. The minimum absolute atomic E-state index is 0.635. The van der Waals surface area contributed by atoms with Gasteiger partial charge < -0.3 is 4.90 Å². The lowest BCUT2D eigenvalue weighted by Gasteiger charge is -2.35. The van der Waals surface area contributed by atoms with Crippen molar-refractivity contribution in [1.29, 1.82) is 5.26 Å². The summed E-state index contributed by atoms with van der Waals surface area (Å²) in [6.45, 7) is 7.19. The van der Waals surface area contributed by atoms with Crippen molar-refractivity contribution in [2.75, 3.05) is 37.6 Å². The number of aryl methyl sites for hydroxylation is 1. The molecule has 0 atom stereocenters. The Balaban J connectivity index is 1.93. The number of nitriles is 1. The lowest BCUT2D eigenvalue weighted by atomic mass is 10.2. The molecule has 4 heteroatoms. The summed E-state index contributed by atoms with van der Waals surface area (Å²) in [4.78, 5) is 4.77. The van der Waals surface area contributed by atoms with Crippen LogP contribution in [0.15, 0.2) is 22.7 Å². The zero-order valence-corrected chi connectivity index (χ0v) is 12.3. The van der Waals surface area contributed by atoms with Crippen molar-refractivity contribution in [3.8, 4) is 6.07 Å². The van der Waals surface area contributed by atoms with Crippen LogP contribution in [0.2, 0.25) is 0 Å². The molecular formula is C14H18BrN3. The summed E-state index contributed by atoms with van der Waals surface area (Å²) in [5, 5.41) is 8.59. The summed E-state index contributed by atoms with van der Waals surface area (Å²) >= 11 is 3.59. The molecule has 18 heavy (non-hydrogen) atoms. The summed E-state index contributed by atoms with van der Waals surface area (Å²) in [6, 6.07) is 8.74. The van der Waals surface area contributed by atoms with Crippen LogP contribution in [0.4, 0.5) is 5.69 Å². The van der Waals surface area contributed by atoms with E-state index in [-0.39, 0.29) is 0 Å². The van der Waals surface area contributed by atoms with Gasteiger partial charge in [-0.1, -0.05) is 22.0 Å². The normalized spacial score (nSPS) is 16.6. The van der Waals surface area contributed by atoms with Gasteiger partial charge in [0.1, 0.15) is 0 Å². The van der Waals surface area contributed by atoms with Gasteiger partial charge in [-0.2, -0.15) is 5.26 Å². The van der Waals surface area contributed by atoms with Gasteiger partial charge in [-0.3, -0.25) is 4.90 Å². The van der Waals surface area contributed by atoms with E-state index in [0.29, 0.717) is 6.42 Å². The Morgan fingerprint density at radius 2 is 2.00 bits per heavy atom. The van der Waals surface area contributed by atoms with Crippen LogP contribution < -0.4 is 4.90 Å². The van der Waals surface area contributed by atoms with Gasteiger partial charge in [0.25, 0.3) is 0 Å². The second-order valence-corrected chi connectivity index (χ2v) is 5.52. The molecule has 0 aliphatic carbocycles. The van der Waals surface area contributed by atoms with Gasteiger partial charge in [-0.15, -0.1) is 0 Å². The Morgan fingerprint density at radius 1 is 1.28 bits per heavy atom. The minimum Gasteiger partial charge on any atom is -0.369 e. The zero-order valence-electron chi connectivity index (χ0n) is 10.7. The lowest BCUT2D eigenvalue weighted by molar-refractivity contribution is 0.263. The zero-order chi connectivity index (χ0) is 13.0. The molecule has 0 radical (unpaired) electrons. The van der Waals surface area contributed by atoms with E-state index in [9.17, 15) is 0 Å². The van der Waals surface area contributed by atoms with E-state index in [2.05, 4.69) is 56.9 Å². The average molecular weight is 308 g/mol. The molecule has 1 fully saturated rings. The topological polar surface area (TPSA) is 30.3 Å². The third kappa shape index (κ3) is 3.24. The Hall–Kier alpha value is -1.05. The van der Waals surface area contributed by atoms with Gasteiger partial charge in [-0.05, 0) is 24.6 Å². The van der Waals surface area contributed by atoms with Crippen molar-refractivity contribution < 1.29 is 0 Å². The Bertz CT molecular complexity index is 445. The lowest BCUT2D eigenvalue weighted by Crippen LogP contribution is -2.46. The fourth-order valence-corrected chi connectivity index (χ4v) is 2.58. The smallest absolute Gasteiger partial charge is 0.0635 e. The molecule has 1 heterocycles. The van der Waals surface area contributed by atoms with Gasteiger partial charge in [-0.25, -0.2) is 0 Å². The summed E-state index contributed by atoms with van der Waals surface area (Å²) in [6.07, 6.45) is 0.635. The van der Waals surface area contributed by atoms with Crippen molar-refractivity contribution in [1.82, 2.24) is 4.90 Å². The van der Waals surface area contributed by atoms with Crippen LogP contribution in [0.3, 0.4) is 0 Å². The predicted octanol–water partition coefficient (Wildman–Crippen LogP) is 2.79. The molecule has 0 saturated carbocycles. The molecule has 1 aromatic rings. The summed E-state index contributed by atoms with van der Waals surface area (Å²) < 4.78 is 1.17. The number of piperazine rings is 1. The van der Waals surface area contributed by atoms with Crippen LogP contribution in [0.1, 0.15) is 12.0 Å². The van der Waals surface area contributed by atoms with E-state index < -0.39 is 0 Å². The maximum absolute atomic E-state index is 8.59. The molecule has 0 N–H and O–H groups in total. The highest BCUT2D eigenvalue weighted by atomic mass is 79.9. The molecule has 0 aromatic heterocycles. The molecule has 0 spiro atoms. The highest BCUT2D eigenvalue weighted by Crippen LogP contribution is 2.24. The van der Waals surface area contributed by atoms with Crippen molar-refractivity contribution in [3.05, 3.63) is 28.2 Å². The molecule has 1 saturated heterocycles. The standard InChI is InChI=1S/C14H18BrN3/c1-12-3-4-13(11-14(12)15)18-9-7-17(8-10-18)6-2-5-16/h3-4,11H,2,6-10H2,1H3. The van der Waals surface area contributed by atoms with E-state index in [4.69, 9.17) is 5.26 Å². The molecule has 0 unspecified atom stereocenters. The van der Waals surface area contributed by atoms with Crippen molar-refractivity contribution in [3.63, 3.8) is 0 Å². The van der Waals surface area contributed by atoms with Gasteiger partial charge in [0.05, 0.1) is 6.07 Å². The summed E-state index contributed by atoms with van der Waals surface area (Å²) in [5.41, 5.74) is 2.55. The quantitative estimate of drug-likeness (QED) is 0.860. The maximum Gasteiger partial charge on any atom is 0.0635 e. The second-order valence-electron chi connectivity index (χ2n) is 4.67. The Morgan fingerprint density at radius 3 is 2.61 bits per heavy atom. The van der Waals surface area contributed by atoms with Crippen LogP contribution in [0, 0.1) is 18.3 Å². The fraction of sp³-hybridized carbons (Fsp3) is 0.500. The number of halogens is 1. The van der Waals surface area contributed by atoms with E-state index in [1.807, 2.05) is 0 Å². The third-order valence-electron chi connectivity index (χ3n) is 3.43. The molecule has 3 nitrogen and oxygen atoms in total. The van der Waals surface area contributed by atoms with Gasteiger partial charge in [0.2, 0.25) is 0 Å². The first-order valence-corrected chi connectivity index (χ1v) is 7.10. The molecule has 0 bridgehead atoms. The first kappa shape index (κ1) is 13.4. The molecule has 1 aliphatic rings. The molecule has 96 valence electrons. The summed E-state index contributed by atoms with van der Waals surface area (Å²) in [5.74, 6) is 0. The van der Waals surface area contributed by atoms with Crippen molar-refractivity contribution >= 4 is 21.6 Å². The molecule has 0 amide bonds. The minimum atomic E-state index is 0.635. The monoisotopic (exact) mass is 307 g/mol. The SMILES string of the molecule is Cc1ccc(N2CCN(CCC#N)CC2)cc1Br. The van der Waals surface area contributed by atoms with E-state index in [0.717, 1.165) is 32.7 Å². The van der Waals surface area contributed by atoms with Crippen molar-refractivity contribution in [2.24, 2.45) is 0 Å².